The van der Waals surface area contributed by atoms with E-state index in [0.29, 0.717) is 11.9 Å². The molecule has 1 saturated heterocycles. The van der Waals surface area contributed by atoms with E-state index in [9.17, 15) is 4.79 Å². The molecule has 1 unspecified atom stereocenters. The van der Waals surface area contributed by atoms with Crippen LogP contribution in [0.15, 0.2) is 24.3 Å². The Morgan fingerprint density at radius 2 is 1.96 bits per heavy atom. The molecule has 7 heteroatoms. The molecule has 7 nitrogen and oxygen atoms in total. The van der Waals surface area contributed by atoms with E-state index in [-0.39, 0.29) is 5.92 Å². The quantitative estimate of drug-likeness (QED) is 0.904. The molecule has 24 heavy (non-hydrogen) atoms. The number of aromatic nitrogens is 4. The van der Waals surface area contributed by atoms with Gasteiger partial charge in [-0.05, 0) is 43.1 Å². The first-order valence-corrected chi connectivity index (χ1v) is 8.39. The molecule has 1 aromatic heterocycles. The summed E-state index contributed by atoms with van der Waals surface area (Å²) in [6.45, 7) is 3.85. The third kappa shape index (κ3) is 3.46. The topological polar surface area (TPSA) is 84.1 Å². The Kier molecular flexibility index (Phi) is 4.89. The Labute approximate surface area is 141 Å². The number of carbonyl (C=O) groups is 1. The number of carboxylic acid groups (broad SMARTS) is 1. The monoisotopic (exact) mass is 329 g/mol. The van der Waals surface area contributed by atoms with Gasteiger partial charge in [-0.25, -0.2) is 0 Å². The second-order valence-corrected chi connectivity index (χ2v) is 6.30. The number of tetrazole rings is 1. The number of hydrogen-bond acceptors (Lipinski definition) is 5. The van der Waals surface area contributed by atoms with Gasteiger partial charge >= 0.3 is 5.97 Å². The average Bonchev–Trinajstić information content (AvgIpc) is 3.03. The number of aliphatic carboxylic acids is 1. The van der Waals surface area contributed by atoms with E-state index < -0.39 is 5.97 Å². The molecule has 0 spiro atoms. The zero-order valence-corrected chi connectivity index (χ0v) is 14.1. The normalized spacial score (nSPS) is 17.8. The van der Waals surface area contributed by atoms with Crippen LogP contribution in [0.2, 0.25) is 0 Å². The van der Waals surface area contributed by atoms with Gasteiger partial charge in [0.05, 0.1) is 13.0 Å². The number of benzene rings is 1. The molecule has 3 rings (SSSR count). The summed E-state index contributed by atoms with van der Waals surface area (Å²) in [5, 5.41) is 21.3. The number of hydrogen-bond donors (Lipinski definition) is 1. The molecule has 0 bridgehead atoms. The minimum atomic E-state index is -0.663. The minimum absolute atomic E-state index is 0.191. The lowest BCUT2D eigenvalue weighted by Crippen LogP contribution is -2.38. The van der Waals surface area contributed by atoms with Gasteiger partial charge in [-0.3, -0.25) is 9.69 Å². The van der Waals surface area contributed by atoms with Crippen molar-refractivity contribution in [3.05, 3.63) is 29.8 Å². The average molecular weight is 329 g/mol. The summed E-state index contributed by atoms with van der Waals surface area (Å²) in [7, 11) is 1.75. The zero-order valence-electron chi connectivity index (χ0n) is 14.1. The van der Waals surface area contributed by atoms with Crippen LogP contribution < -0.4 is 0 Å². The van der Waals surface area contributed by atoms with E-state index in [1.807, 2.05) is 12.1 Å². The van der Waals surface area contributed by atoms with Crippen molar-refractivity contribution in [1.29, 1.82) is 0 Å². The Hall–Kier alpha value is -2.28. The first-order valence-electron chi connectivity index (χ1n) is 8.39. The van der Waals surface area contributed by atoms with Crippen molar-refractivity contribution in [3.8, 4) is 11.4 Å². The molecule has 1 fully saturated rings. The van der Waals surface area contributed by atoms with Gasteiger partial charge in [0, 0.05) is 11.6 Å². The second kappa shape index (κ2) is 7.09. The molecule has 0 aliphatic carbocycles. The Morgan fingerprint density at radius 1 is 1.29 bits per heavy atom. The lowest BCUT2D eigenvalue weighted by atomic mass is 9.93. The maximum absolute atomic E-state index is 11.1. The lowest BCUT2D eigenvalue weighted by Gasteiger charge is -2.36. The first-order chi connectivity index (χ1) is 11.6. The van der Waals surface area contributed by atoms with Gasteiger partial charge in [0.15, 0.2) is 0 Å². The highest BCUT2D eigenvalue weighted by Gasteiger charge is 2.28. The molecule has 0 amide bonds. The van der Waals surface area contributed by atoms with Gasteiger partial charge in [0.2, 0.25) is 5.82 Å². The summed E-state index contributed by atoms with van der Waals surface area (Å²) in [5.74, 6) is -0.230. The fraction of sp³-hybridized carbons (Fsp3) is 0.529. The fourth-order valence-electron chi connectivity index (χ4n) is 3.42. The van der Waals surface area contributed by atoms with Crippen LogP contribution in [0.1, 0.15) is 37.8 Å². The number of aryl methyl sites for hydroxylation is 1. The standard InChI is InChI=1S/C17H23N5O2/c1-3-15(22-10-8-14(9-11-22)17(23)24)12-4-6-13(7-5-12)16-18-20-21(2)19-16/h4-7,14-15H,3,8-11H2,1-2H3,(H,23,24). The van der Waals surface area contributed by atoms with Crippen LogP contribution in [0.4, 0.5) is 0 Å². The largest absolute Gasteiger partial charge is 0.481 e. The Bertz CT molecular complexity index is 689. The van der Waals surface area contributed by atoms with Gasteiger partial charge < -0.3 is 5.11 Å². The maximum atomic E-state index is 11.1. The summed E-state index contributed by atoms with van der Waals surface area (Å²) < 4.78 is 0. The summed E-state index contributed by atoms with van der Waals surface area (Å²) >= 11 is 0. The summed E-state index contributed by atoms with van der Waals surface area (Å²) in [6, 6.07) is 8.60. The SMILES string of the molecule is CCC(c1ccc(-c2nnn(C)n2)cc1)N1CCC(C(=O)O)CC1. The molecular formula is C17H23N5O2. The van der Waals surface area contributed by atoms with Gasteiger partial charge in [0.1, 0.15) is 0 Å². The van der Waals surface area contributed by atoms with Crippen LogP contribution >= 0.6 is 0 Å². The Morgan fingerprint density at radius 3 is 2.46 bits per heavy atom. The molecule has 0 radical (unpaired) electrons. The van der Waals surface area contributed by atoms with Crippen molar-refractivity contribution >= 4 is 5.97 Å². The van der Waals surface area contributed by atoms with Gasteiger partial charge in [-0.2, -0.15) is 4.80 Å². The maximum Gasteiger partial charge on any atom is 0.306 e. The molecule has 2 heterocycles. The van der Waals surface area contributed by atoms with Crippen molar-refractivity contribution in [2.45, 2.75) is 32.2 Å². The number of carboxylic acids is 1. The number of nitrogens with zero attached hydrogens (tertiary/aromatic N) is 5. The minimum Gasteiger partial charge on any atom is -0.481 e. The molecule has 1 N–H and O–H groups in total. The third-order valence-corrected chi connectivity index (χ3v) is 4.77. The number of piperidine rings is 1. The third-order valence-electron chi connectivity index (χ3n) is 4.77. The van der Waals surface area contributed by atoms with E-state index in [0.717, 1.165) is 37.9 Å². The highest BCUT2D eigenvalue weighted by Crippen LogP contribution is 2.30. The van der Waals surface area contributed by atoms with Gasteiger partial charge in [-0.15, -0.1) is 10.2 Å². The lowest BCUT2D eigenvalue weighted by molar-refractivity contribution is -0.143. The zero-order chi connectivity index (χ0) is 17.1. The molecule has 0 saturated carbocycles. The van der Waals surface area contributed by atoms with E-state index >= 15 is 0 Å². The Balaban J connectivity index is 1.71. The summed E-state index contributed by atoms with van der Waals surface area (Å²) in [6.07, 6.45) is 2.46. The second-order valence-electron chi connectivity index (χ2n) is 6.30. The van der Waals surface area contributed by atoms with Crippen LogP contribution in [0.3, 0.4) is 0 Å². The number of rotatable bonds is 5. The molecule has 1 atom stereocenters. The van der Waals surface area contributed by atoms with Crippen LogP contribution in [-0.4, -0.2) is 49.3 Å². The van der Waals surface area contributed by atoms with Crippen LogP contribution in [0.25, 0.3) is 11.4 Å². The van der Waals surface area contributed by atoms with Crippen LogP contribution in [0.5, 0.6) is 0 Å². The van der Waals surface area contributed by atoms with E-state index in [1.165, 1.54) is 10.4 Å². The molecule has 1 aromatic carbocycles. The van der Waals surface area contributed by atoms with E-state index in [1.54, 1.807) is 7.05 Å². The highest BCUT2D eigenvalue weighted by molar-refractivity contribution is 5.70. The molecule has 128 valence electrons. The highest BCUT2D eigenvalue weighted by atomic mass is 16.4. The predicted molar refractivity (Wildman–Crippen MR) is 89.2 cm³/mol. The predicted octanol–water partition coefficient (Wildman–Crippen LogP) is 2.12. The van der Waals surface area contributed by atoms with E-state index in [2.05, 4.69) is 39.4 Å². The molecule has 1 aliphatic heterocycles. The summed E-state index contributed by atoms with van der Waals surface area (Å²) in [4.78, 5) is 15.0. The fourth-order valence-corrected chi connectivity index (χ4v) is 3.42. The van der Waals surface area contributed by atoms with E-state index in [4.69, 9.17) is 5.11 Å². The molecule has 2 aromatic rings. The first kappa shape index (κ1) is 16.6. The van der Waals surface area contributed by atoms with Crippen molar-refractivity contribution < 1.29 is 9.90 Å². The van der Waals surface area contributed by atoms with Gasteiger partial charge in [0.25, 0.3) is 0 Å². The van der Waals surface area contributed by atoms with Crippen molar-refractivity contribution in [2.24, 2.45) is 13.0 Å². The molecular weight excluding hydrogens is 306 g/mol. The smallest absolute Gasteiger partial charge is 0.306 e. The van der Waals surface area contributed by atoms with Crippen molar-refractivity contribution in [3.63, 3.8) is 0 Å². The van der Waals surface area contributed by atoms with Gasteiger partial charge in [-0.1, -0.05) is 31.2 Å². The van der Waals surface area contributed by atoms with Crippen LogP contribution in [0, 0.1) is 5.92 Å². The van der Waals surface area contributed by atoms with Crippen molar-refractivity contribution in [2.75, 3.05) is 13.1 Å². The number of likely N-dealkylation sites (tertiary alicyclic amines) is 1. The molecule has 1 aliphatic rings. The summed E-state index contributed by atoms with van der Waals surface area (Å²) in [5.41, 5.74) is 2.20. The van der Waals surface area contributed by atoms with Crippen molar-refractivity contribution in [1.82, 2.24) is 25.1 Å². The van der Waals surface area contributed by atoms with Crippen LogP contribution in [-0.2, 0) is 11.8 Å².